The molecular weight excluding hydrogens is 330 g/mol. The summed E-state index contributed by atoms with van der Waals surface area (Å²) in [4.78, 5) is 24.2. The van der Waals surface area contributed by atoms with Crippen molar-refractivity contribution in [3.05, 3.63) is 35.4 Å². The molecule has 1 atom stereocenters. The number of nitrogens with one attached hydrogen (secondary N) is 3. The van der Waals surface area contributed by atoms with Gasteiger partial charge >= 0.3 is 6.03 Å². The molecule has 0 spiro atoms. The summed E-state index contributed by atoms with van der Waals surface area (Å²) >= 11 is 0. The van der Waals surface area contributed by atoms with Gasteiger partial charge in [-0.1, -0.05) is 12.1 Å². The number of hydroxylamine groups is 1. The monoisotopic (exact) mass is 357 g/mol. The topological polar surface area (TPSA) is 90.5 Å². The van der Waals surface area contributed by atoms with E-state index in [4.69, 9.17) is 5.21 Å². The van der Waals surface area contributed by atoms with Crippen molar-refractivity contribution >= 4 is 11.9 Å². The molecule has 3 amide bonds. The minimum Gasteiger partial charge on any atom is -0.333 e. The van der Waals surface area contributed by atoms with Crippen LogP contribution in [-0.2, 0) is 0 Å². The second kappa shape index (κ2) is 6.58. The first-order chi connectivity index (χ1) is 12.5. The average Bonchev–Trinajstić information content (AvgIpc) is 2.59. The lowest BCUT2D eigenvalue weighted by molar-refractivity contribution is -0.0136. The fourth-order valence-electron chi connectivity index (χ4n) is 5.83. The molecule has 6 nitrogen and oxygen atoms in total. The molecule has 0 unspecified atom stereocenters. The van der Waals surface area contributed by atoms with Gasteiger partial charge in [0.05, 0.1) is 6.04 Å². The van der Waals surface area contributed by atoms with E-state index in [2.05, 4.69) is 10.6 Å². The Morgan fingerprint density at radius 3 is 2.31 bits per heavy atom. The predicted octanol–water partition coefficient (Wildman–Crippen LogP) is 3.13. The second-order valence-corrected chi connectivity index (χ2v) is 8.58. The minimum atomic E-state index is -0.558. The molecular formula is C20H27N3O3. The first kappa shape index (κ1) is 17.3. The minimum absolute atomic E-state index is 0.0167. The van der Waals surface area contributed by atoms with Crippen molar-refractivity contribution in [1.29, 1.82) is 0 Å². The number of hydrogen-bond acceptors (Lipinski definition) is 3. The van der Waals surface area contributed by atoms with E-state index < -0.39 is 5.91 Å². The third-order valence-electron chi connectivity index (χ3n) is 6.51. The molecule has 4 saturated carbocycles. The summed E-state index contributed by atoms with van der Waals surface area (Å²) in [5.74, 6) is 1.80. The zero-order valence-corrected chi connectivity index (χ0v) is 15.1. The van der Waals surface area contributed by atoms with E-state index in [-0.39, 0.29) is 17.6 Å². The van der Waals surface area contributed by atoms with Crippen LogP contribution in [0.5, 0.6) is 0 Å². The van der Waals surface area contributed by atoms with Crippen LogP contribution in [0.1, 0.15) is 67.4 Å². The number of carbonyl (C=O) groups is 2. The third-order valence-corrected chi connectivity index (χ3v) is 6.51. The lowest BCUT2D eigenvalue weighted by atomic mass is 9.53. The Bertz CT molecular complexity index is 683. The lowest BCUT2D eigenvalue weighted by Crippen LogP contribution is -2.61. The van der Waals surface area contributed by atoms with E-state index in [1.54, 1.807) is 23.7 Å². The molecule has 0 radical (unpaired) electrons. The van der Waals surface area contributed by atoms with Gasteiger partial charge in [-0.3, -0.25) is 10.0 Å². The highest BCUT2D eigenvalue weighted by Gasteiger charge is 2.51. The molecule has 26 heavy (non-hydrogen) atoms. The molecule has 0 heterocycles. The van der Waals surface area contributed by atoms with Gasteiger partial charge in [-0.2, -0.15) is 0 Å². The number of rotatable bonds is 4. The largest absolute Gasteiger partial charge is 0.333 e. The summed E-state index contributed by atoms with van der Waals surface area (Å²) in [5, 5.41) is 15.1. The molecule has 4 N–H and O–H groups in total. The number of benzene rings is 1. The van der Waals surface area contributed by atoms with Crippen molar-refractivity contribution in [1.82, 2.24) is 16.1 Å². The smallest absolute Gasteiger partial charge is 0.315 e. The third kappa shape index (κ3) is 3.30. The van der Waals surface area contributed by atoms with E-state index in [9.17, 15) is 9.59 Å². The summed E-state index contributed by atoms with van der Waals surface area (Å²) in [5.41, 5.74) is 2.81. The Morgan fingerprint density at radius 1 is 1.12 bits per heavy atom. The lowest BCUT2D eigenvalue weighted by Gasteiger charge is -2.56. The van der Waals surface area contributed by atoms with Crippen LogP contribution in [0, 0.1) is 17.8 Å². The summed E-state index contributed by atoms with van der Waals surface area (Å²) in [6, 6.07) is 6.56. The van der Waals surface area contributed by atoms with Crippen LogP contribution in [0.2, 0.25) is 0 Å². The molecule has 4 aliphatic rings. The SMILES string of the molecule is C[C@@H](NC(=O)NC12CC3CC(CC(C3)C1)C2)c1cccc(C(=O)NO)c1. The van der Waals surface area contributed by atoms with E-state index in [0.29, 0.717) is 5.56 Å². The summed E-state index contributed by atoms with van der Waals surface area (Å²) < 4.78 is 0. The maximum absolute atomic E-state index is 12.6. The molecule has 0 aliphatic heterocycles. The highest BCUT2D eigenvalue weighted by molar-refractivity contribution is 5.93. The Morgan fingerprint density at radius 2 is 1.73 bits per heavy atom. The first-order valence-electron chi connectivity index (χ1n) is 9.59. The van der Waals surface area contributed by atoms with Crippen molar-refractivity contribution in [2.24, 2.45) is 17.8 Å². The first-order valence-corrected chi connectivity index (χ1v) is 9.59. The van der Waals surface area contributed by atoms with Gasteiger partial charge in [0.1, 0.15) is 0 Å². The van der Waals surface area contributed by atoms with Gasteiger partial charge in [0.25, 0.3) is 5.91 Å². The molecule has 6 heteroatoms. The Hall–Kier alpha value is -2.08. The fourth-order valence-corrected chi connectivity index (χ4v) is 5.83. The van der Waals surface area contributed by atoms with Crippen molar-refractivity contribution < 1.29 is 14.8 Å². The maximum Gasteiger partial charge on any atom is 0.315 e. The summed E-state index contributed by atoms with van der Waals surface area (Å²) in [6.45, 7) is 1.90. The van der Waals surface area contributed by atoms with E-state index >= 15 is 0 Å². The summed E-state index contributed by atoms with van der Waals surface area (Å²) in [6.07, 6.45) is 7.39. The zero-order valence-electron chi connectivity index (χ0n) is 15.1. The molecule has 0 saturated heterocycles. The Balaban J connectivity index is 1.40. The number of carbonyl (C=O) groups excluding carboxylic acids is 2. The molecule has 4 bridgehead atoms. The quantitative estimate of drug-likeness (QED) is 0.493. The van der Waals surface area contributed by atoms with E-state index in [1.165, 1.54) is 19.3 Å². The molecule has 140 valence electrons. The number of amides is 3. The Kier molecular flexibility index (Phi) is 4.39. The van der Waals surface area contributed by atoms with Crippen LogP contribution in [0.15, 0.2) is 24.3 Å². The molecule has 4 aliphatic carbocycles. The highest BCUT2D eigenvalue weighted by Crippen LogP contribution is 2.55. The fraction of sp³-hybridized carbons (Fsp3) is 0.600. The van der Waals surface area contributed by atoms with E-state index in [0.717, 1.165) is 42.6 Å². The Labute approximate surface area is 153 Å². The van der Waals surface area contributed by atoms with Gasteiger partial charge in [0.15, 0.2) is 0 Å². The zero-order chi connectivity index (χ0) is 18.3. The van der Waals surface area contributed by atoms with Crippen molar-refractivity contribution in [3.63, 3.8) is 0 Å². The maximum atomic E-state index is 12.6. The summed E-state index contributed by atoms with van der Waals surface area (Å²) in [7, 11) is 0. The van der Waals surface area contributed by atoms with Gasteiger partial charge in [0.2, 0.25) is 0 Å². The molecule has 1 aromatic carbocycles. The number of urea groups is 1. The van der Waals surface area contributed by atoms with Crippen molar-refractivity contribution in [2.45, 2.75) is 57.0 Å². The molecule has 0 aromatic heterocycles. The van der Waals surface area contributed by atoms with Crippen LogP contribution in [0.25, 0.3) is 0 Å². The molecule has 5 rings (SSSR count). The highest BCUT2D eigenvalue weighted by atomic mass is 16.5. The van der Waals surface area contributed by atoms with Crippen LogP contribution >= 0.6 is 0 Å². The van der Waals surface area contributed by atoms with Crippen LogP contribution in [0.4, 0.5) is 4.79 Å². The van der Waals surface area contributed by atoms with Crippen LogP contribution < -0.4 is 16.1 Å². The standard InChI is InChI=1S/C20H27N3O3/c1-12(16-3-2-4-17(8-16)18(24)23-26)21-19(25)22-20-9-13-5-14(10-20)7-15(6-13)11-20/h2-4,8,12-15,26H,5-7,9-11H2,1H3,(H,23,24)(H2,21,22,25)/t12-,13?,14?,15?,20?/m1/s1. The average molecular weight is 357 g/mol. The van der Waals surface area contributed by atoms with E-state index in [1.807, 2.05) is 13.0 Å². The van der Waals surface area contributed by atoms with Gasteiger partial charge in [0, 0.05) is 11.1 Å². The predicted molar refractivity (Wildman–Crippen MR) is 96.7 cm³/mol. The van der Waals surface area contributed by atoms with Gasteiger partial charge in [-0.15, -0.1) is 0 Å². The number of hydrogen-bond donors (Lipinski definition) is 4. The van der Waals surface area contributed by atoms with Gasteiger partial charge < -0.3 is 10.6 Å². The second-order valence-electron chi connectivity index (χ2n) is 8.58. The van der Waals surface area contributed by atoms with Gasteiger partial charge in [-0.25, -0.2) is 10.3 Å². The normalized spacial score (nSPS) is 32.8. The molecule has 1 aromatic rings. The van der Waals surface area contributed by atoms with Crippen LogP contribution in [-0.4, -0.2) is 22.7 Å². The van der Waals surface area contributed by atoms with Crippen LogP contribution in [0.3, 0.4) is 0 Å². The van der Waals surface area contributed by atoms with Gasteiger partial charge in [-0.05, 0) is 80.9 Å². The van der Waals surface area contributed by atoms with Crippen molar-refractivity contribution in [2.75, 3.05) is 0 Å². The molecule has 4 fully saturated rings. The van der Waals surface area contributed by atoms with Crippen molar-refractivity contribution in [3.8, 4) is 0 Å².